The third-order valence-electron chi connectivity index (χ3n) is 2.42. The van der Waals surface area contributed by atoms with Gasteiger partial charge < -0.3 is 4.74 Å². The van der Waals surface area contributed by atoms with E-state index in [1.807, 2.05) is 0 Å². The molecule has 2 heteroatoms. The lowest BCUT2D eigenvalue weighted by Crippen LogP contribution is -2.40. The van der Waals surface area contributed by atoms with E-state index in [1.54, 1.807) is 7.11 Å². The van der Waals surface area contributed by atoms with Crippen LogP contribution in [0.3, 0.4) is 0 Å². The maximum atomic E-state index is 11.0. The standard InChI is InChI=1S/C9H14O2/c1-3-8(10)7-9(11-2)5-4-6-9/h3H,1,4-7H2,2H3. The maximum absolute atomic E-state index is 11.0. The van der Waals surface area contributed by atoms with Gasteiger partial charge in [-0.15, -0.1) is 0 Å². The number of allylic oxidation sites excluding steroid dienone is 1. The molecule has 0 bridgehead atoms. The number of hydrogen-bond donors (Lipinski definition) is 0. The average Bonchev–Trinajstić information content (AvgIpc) is 1.96. The first kappa shape index (κ1) is 8.47. The van der Waals surface area contributed by atoms with Gasteiger partial charge in [0.15, 0.2) is 5.78 Å². The zero-order valence-electron chi connectivity index (χ0n) is 6.93. The summed E-state index contributed by atoms with van der Waals surface area (Å²) in [6, 6.07) is 0. The van der Waals surface area contributed by atoms with E-state index in [1.165, 1.54) is 12.5 Å². The summed E-state index contributed by atoms with van der Waals surface area (Å²) >= 11 is 0. The number of carbonyl (C=O) groups excluding carboxylic acids is 1. The number of ether oxygens (including phenoxy) is 1. The van der Waals surface area contributed by atoms with Crippen LogP contribution >= 0.6 is 0 Å². The van der Waals surface area contributed by atoms with Crippen LogP contribution < -0.4 is 0 Å². The largest absolute Gasteiger partial charge is 0.378 e. The maximum Gasteiger partial charge on any atom is 0.157 e. The van der Waals surface area contributed by atoms with Crippen molar-refractivity contribution in [1.29, 1.82) is 0 Å². The van der Waals surface area contributed by atoms with Crippen molar-refractivity contribution < 1.29 is 9.53 Å². The van der Waals surface area contributed by atoms with Crippen molar-refractivity contribution in [3.8, 4) is 0 Å². The summed E-state index contributed by atoms with van der Waals surface area (Å²) in [6.07, 6.45) is 5.09. The summed E-state index contributed by atoms with van der Waals surface area (Å²) in [5.41, 5.74) is -0.134. The predicted molar refractivity (Wildman–Crippen MR) is 43.4 cm³/mol. The first-order valence-corrected chi connectivity index (χ1v) is 3.93. The Morgan fingerprint density at radius 3 is 2.64 bits per heavy atom. The summed E-state index contributed by atoms with van der Waals surface area (Å²) in [4.78, 5) is 11.0. The minimum atomic E-state index is -0.134. The molecule has 0 spiro atoms. The van der Waals surface area contributed by atoms with E-state index in [9.17, 15) is 4.79 Å². The van der Waals surface area contributed by atoms with E-state index in [0.29, 0.717) is 6.42 Å². The van der Waals surface area contributed by atoms with E-state index < -0.39 is 0 Å². The highest BCUT2D eigenvalue weighted by Crippen LogP contribution is 2.38. The molecule has 0 amide bonds. The molecule has 1 aliphatic carbocycles. The van der Waals surface area contributed by atoms with Crippen molar-refractivity contribution in [2.45, 2.75) is 31.3 Å². The average molecular weight is 154 g/mol. The molecule has 1 fully saturated rings. The van der Waals surface area contributed by atoms with Gasteiger partial charge in [0.25, 0.3) is 0 Å². The van der Waals surface area contributed by atoms with E-state index in [4.69, 9.17) is 4.74 Å². The Bertz CT molecular complexity index is 163. The van der Waals surface area contributed by atoms with Crippen LogP contribution in [0.1, 0.15) is 25.7 Å². The quantitative estimate of drug-likeness (QED) is 0.576. The first-order valence-electron chi connectivity index (χ1n) is 3.93. The Kier molecular flexibility index (Phi) is 2.45. The molecule has 0 aromatic heterocycles. The molecule has 1 saturated carbocycles. The highest BCUT2D eigenvalue weighted by atomic mass is 16.5. The molecule has 2 nitrogen and oxygen atoms in total. The highest BCUT2D eigenvalue weighted by Gasteiger charge is 2.38. The Balaban J connectivity index is 2.44. The lowest BCUT2D eigenvalue weighted by molar-refractivity contribution is -0.127. The van der Waals surface area contributed by atoms with E-state index in [2.05, 4.69) is 6.58 Å². The molecule has 0 radical (unpaired) electrons. The van der Waals surface area contributed by atoms with Crippen molar-refractivity contribution >= 4 is 5.78 Å². The fraction of sp³-hybridized carbons (Fsp3) is 0.667. The zero-order chi connectivity index (χ0) is 8.32. The smallest absolute Gasteiger partial charge is 0.157 e. The molecule has 0 N–H and O–H groups in total. The second-order valence-corrected chi connectivity index (χ2v) is 3.09. The van der Waals surface area contributed by atoms with E-state index in [0.717, 1.165) is 12.8 Å². The number of ketones is 1. The molecule has 11 heavy (non-hydrogen) atoms. The predicted octanol–water partition coefficient (Wildman–Crippen LogP) is 1.70. The number of carbonyl (C=O) groups is 1. The van der Waals surface area contributed by atoms with Crippen LogP contribution in [0.25, 0.3) is 0 Å². The van der Waals surface area contributed by atoms with Gasteiger partial charge in [0, 0.05) is 13.5 Å². The molecule has 0 unspecified atom stereocenters. The third-order valence-corrected chi connectivity index (χ3v) is 2.42. The van der Waals surface area contributed by atoms with Crippen LogP contribution in [0.5, 0.6) is 0 Å². The number of rotatable bonds is 4. The molecular weight excluding hydrogens is 140 g/mol. The summed E-state index contributed by atoms with van der Waals surface area (Å²) in [7, 11) is 1.68. The van der Waals surface area contributed by atoms with E-state index >= 15 is 0 Å². The van der Waals surface area contributed by atoms with Crippen molar-refractivity contribution in [1.82, 2.24) is 0 Å². The minimum absolute atomic E-state index is 0.0894. The summed E-state index contributed by atoms with van der Waals surface area (Å²) in [6.45, 7) is 3.43. The van der Waals surface area contributed by atoms with E-state index in [-0.39, 0.29) is 11.4 Å². The first-order chi connectivity index (χ1) is 5.22. The van der Waals surface area contributed by atoms with Crippen molar-refractivity contribution in [3.05, 3.63) is 12.7 Å². The van der Waals surface area contributed by atoms with Gasteiger partial charge in [0.05, 0.1) is 5.60 Å². The SMILES string of the molecule is C=CC(=O)CC1(OC)CCC1. The van der Waals surface area contributed by atoms with Crippen LogP contribution in [0, 0.1) is 0 Å². The van der Waals surface area contributed by atoms with Gasteiger partial charge in [-0.2, -0.15) is 0 Å². The molecule has 62 valence electrons. The van der Waals surface area contributed by atoms with Gasteiger partial charge in [-0.3, -0.25) is 4.79 Å². The van der Waals surface area contributed by atoms with Crippen LogP contribution in [-0.4, -0.2) is 18.5 Å². The molecule has 0 aromatic carbocycles. The molecule has 0 saturated heterocycles. The van der Waals surface area contributed by atoms with Gasteiger partial charge in [-0.25, -0.2) is 0 Å². The second-order valence-electron chi connectivity index (χ2n) is 3.09. The van der Waals surface area contributed by atoms with Gasteiger partial charge >= 0.3 is 0 Å². The third kappa shape index (κ3) is 1.69. The molecular formula is C9H14O2. The molecule has 0 atom stereocenters. The molecule has 0 aromatic rings. The molecule has 0 heterocycles. The lowest BCUT2D eigenvalue weighted by Gasteiger charge is -2.39. The van der Waals surface area contributed by atoms with Gasteiger partial charge in [-0.05, 0) is 25.3 Å². The monoisotopic (exact) mass is 154 g/mol. The molecule has 1 aliphatic rings. The van der Waals surface area contributed by atoms with Crippen molar-refractivity contribution in [2.24, 2.45) is 0 Å². The topological polar surface area (TPSA) is 26.3 Å². The highest BCUT2D eigenvalue weighted by molar-refractivity contribution is 5.89. The Morgan fingerprint density at radius 1 is 1.73 bits per heavy atom. The number of methoxy groups -OCH3 is 1. The Hall–Kier alpha value is -0.630. The minimum Gasteiger partial charge on any atom is -0.378 e. The van der Waals surface area contributed by atoms with Crippen LogP contribution in [0.2, 0.25) is 0 Å². The summed E-state index contributed by atoms with van der Waals surface area (Å²) in [5, 5.41) is 0. The van der Waals surface area contributed by atoms with Gasteiger partial charge in [-0.1, -0.05) is 6.58 Å². The zero-order valence-corrected chi connectivity index (χ0v) is 6.93. The van der Waals surface area contributed by atoms with Gasteiger partial charge in [0.2, 0.25) is 0 Å². The van der Waals surface area contributed by atoms with Crippen LogP contribution in [0.4, 0.5) is 0 Å². The Labute approximate surface area is 67.2 Å². The molecule has 0 aliphatic heterocycles. The van der Waals surface area contributed by atoms with Gasteiger partial charge in [0.1, 0.15) is 0 Å². The normalized spacial score (nSPS) is 20.5. The summed E-state index contributed by atoms with van der Waals surface area (Å²) < 4.78 is 5.28. The van der Waals surface area contributed by atoms with Crippen molar-refractivity contribution in [3.63, 3.8) is 0 Å². The van der Waals surface area contributed by atoms with Crippen molar-refractivity contribution in [2.75, 3.05) is 7.11 Å². The number of hydrogen-bond acceptors (Lipinski definition) is 2. The Morgan fingerprint density at radius 2 is 2.36 bits per heavy atom. The lowest BCUT2D eigenvalue weighted by atomic mass is 9.76. The molecule has 1 rings (SSSR count). The van der Waals surface area contributed by atoms with Crippen LogP contribution in [0.15, 0.2) is 12.7 Å². The fourth-order valence-electron chi connectivity index (χ4n) is 1.41. The fourth-order valence-corrected chi connectivity index (χ4v) is 1.41. The van der Waals surface area contributed by atoms with Crippen LogP contribution in [-0.2, 0) is 9.53 Å². The summed E-state index contributed by atoms with van der Waals surface area (Å²) in [5.74, 6) is 0.0894. The second kappa shape index (κ2) is 3.18.